The Balaban J connectivity index is 1.60. The lowest BCUT2D eigenvalue weighted by atomic mass is 10.1. The second-order valence-corrected chi connectivity index (χ2v) is 12.6. The van der Waals surface area contributed by atoms with Gasteiger partial charge in [0.1, 0.15) is 0 Å². The Bertz CT molecular complexity index is 1450. The molecule has 32 heavy (non-hydrogen) atoms. The van der Waals surface area contributed by atoms with Crippen molar-refractivity contribution in [1.82, 2.24) is 0 Å². The molecule has 1 aliphatic carbocycles. The number of rotatable bonds is 2. The standard InChI is InChI=1S/C31H22Si/c1-2-11-24(12-3-1)32(30-16-8-6-14-27(30)28-15-7-9-17-31(28)32)25-19-18-23-20-22-10-4-5-13-26(22)29(23)21-25/h1-19,21H,20H2. The largest absolute Gasteiger partial charge is 0.180 e. The van der Waals surface area contributed by atoms with E-state index in [1.54, 1.807) is 0 Å². The second-order valence-electron chi connectivity index (χ2n) is 8.91. The van der Waals surface area contributed by atoms with Gasteiger partial charge in [-0.2, -0.15) is 0 Å². The van der Waals surface area contributed by atoms with E-state index in [1.807, 2.05) is 0 Å². The fraction of sp³-hybridized carbons (Fsp3) is 0.0323. The highest BCUT2D eigenvalue weighted by Crippen LogP contribution is 2.37. The molecule has 5 aromatic carbocycles. The van der Waals surface area contributed by atoms with Crippen LogP contribution in [0.4, 0.5) is 0 Å². The van der Waals surface area contributed by atoms with E-state index >= 15 is 0 Å². The monoisotopic (exact) mass is 422 g/mol. The maximum absolute atomic E-state index is 2.53. The van der Waals surface area contributed by atoms with Crippen molar-refractivity contribution in [2.75, 3.05) is 0 Å². The number of hydrogen-bond acceptors (Lipinski definition) is 0. The van der Waals surface area contributed by atoms with Crippen LogP contribution in [0.3, 0.4) is 0 Å². The van der Waals surface area contributed by atoms with Gasteiger partial charge in [-0.05, 0) is 60.5 Å². The third-order valence-corrected chi connectivity index (χ3v) is 12.3. The normalized spacial score (nSPS) is 14.4. The molecule has 5 aromatic rings. The Morgan fingerprint density at radius 1 is 0.406 bits per heavy atom. The van der Waals surface area contributed by atoms with E-state index < -0.39 is 8.07 Å². The average Bonchev–Trinajstić information content (AvgIpc) is 3.38. The lowest BCUT2D eigenvalue weighted by Gasteiger charge is -2.31. The van der Waals surface area contributed by atoms with Gasteiger partial charge in [-0.1, -0.05) is 121 Å². The van der Waals surface area contributed by atoms with Crippen LogP contribution in [0.5, 0.6) is 0 Å². The van der Waals surface area contributed by atoms with Crippen molar-refractivity contribution >= 4 is 28.8 Å². The minimum atomic E-state index is -2.39. The van der Waals surface area contributed by atoms with Crippen LogP contribution in [0.2, 0.25) is 0 Å². The fourth-order valence-corrected chi connectivity index (χ4v) is 11.3. The molecule has 150 valence electrons. The van der Waals surface area contributed by atoms with E-state index in [0.717, 1.165) is 6.42 Å². The van der Waals surface area contributed by atoms with Gasteiger partial charge in [-0.15, -0.1) is 0 Å². The van der Waals surface area contributed by atoms with E-state index in [9.17, 15) is 0 Å². The van der Waals surface area contributed by atoms with Crippen molar-refractivity contribution in [1.29, 1.82) is 0 Å². The molecule has 1 aliphatic heterocycles. The first-order chi connectivity index (χ1) is 15.9. The summed E-state index contributed by atoms with van der Waals surface area (Å²) in [5, 5.41) is 5.97. The summed E-state index contributed by atoms with van der Waals surface area (Å²) in [6.07, 6.45) is 1.04. The Hall–Kier alpha value is -3.68. The molecule has 0 aromatic heterocycles. The Kier molecular flexibility index (Phi) is 3.73. The lowest BCUT2D eigenvalue weighted by molar-refractivity contribution is 1.26. The first-order valence-electron chi connectivity index (χ1n) is 11.3. The van der Waals surface area contributed by atoms with Gasteiger partial charge >= 0.3 is 0 Å². The van der Waals surface area contributed by atoms with Crippen LogP contribution in [0.15, 0.2) is 121 Å². The van der Waals surface area contributed by atoms with Gasteiger partial charge in [-0.25, -0.2) is 0 Å². The molecule has 0 saturated heterocycles. The fourth-order valence-electron chi connectivity index (χ4n) is 6.07. The zero-order valence-electron chi connectivity index (χ0n) is 17.8. The van der Waals surface area contributed by atoms with Crippen LogP contribution in [-0.2, 0) is 6.42 Å². The summed E-state index contributed by atoms with van der Waals surface area (Å²) in [5.41, 5.74) is 8.52. The van der Waals surface area contributed by atoms with Crippen LogP contribution in [0.25, 0.3) is 22.3 Å². The molecule has 2 aliphatic rings. The van der Waals surface area contributed by atoms with Crippen molar-refractivity contribution in [3.63, 3.8) is 0 Å². The summed E-state index contributed by atoms with van der Waals surface area (Å²) >= 11 is 0. The molecule has 0 nitrogen and oxygen atoms in total. The van der Waals surface area contributed by atoms with E-state index in [0.29, 0.717) is 0 Å². The number of benzene rings is 5. The summed E-state index contributed by atoms with van der Waals surface area (Å²) in [7, 11) is -2.39. The number of fused-ring (bicyclic) bond motifs is 6. The summed E-state index contributed by atoms with van der Waals surface area (Å²) in [6, 6.07) is 45.7. The molecule has 0 atom stereocenters. The van der Waals surface area contributed by atoms with Crippen molar-refractivity contribution < 1.29 is 0 Å². The zero-order chi connectivity index (χ0) is 21.1. The van der Waals surface area contributed by atoms with Crippen LogP contribution in [0, 0.1) is 0 Å². The van der Waals surface area contributed by atoms with Gasteiger partial charge in [0, 0.05) is 0 Å². The summed E-state index contributed by atoms with van der Waals surface area (Å²) in [6.45, 7) is 0. The van der Waals surface area contributed by atoms with E-state index in [4.69, 9.17) is 0 Å². The molecular formula is C31H22Si. The predicted molar refractivity (Wildman–Crippen MR) is 137 cm³/mol. The van der Waals surface area contributed by atoms with Crippen molar-refractivity contribution in [3.05, 3.63) is 132 Å². The van der Waals surface area contributed by atoms with E-state index in [-0.39, 0.29) is 0 Å². The Morgan fingerprint density at radius 2 is 0.969 bits per heavy atom. The molecule has 0 saturated carbocycles. The zero-order valence-corrected chi connectivity index (χ0v) is 18.8. The minimum absolute atomic E-state index is 1.04. The third kappa shape index (κ3) is 2.26. The molecule has 0 unspecified atom stereocenters. The lowest BCUT2D eigenvalue weighted by Crippen LogP contribution is -2.72. The molecule has 1 heterocycles. The molecular weight excluding hydrogens is 400 g/mol. The highest BCUT2D eigenvalue weighted by Gasteiger charge is 2.48. The Labute approximate surface area is 189 Å². The Morgan fingerprint density at radius 3 is 1.69 bits per heavy atom. The predicted octanol–water partition coefficient (Wildman–Crippen LogP) is 4.62. The molecule has 1 heteroatoms. The molecule has 0 radical (unpaired) electrons. The van der Waals surface area contributed by atoms with Gasteiger partial charge in [-0.3, -0.25) is 0 Å². The second kappa shape index (κ2) is 6.66. The highest BCUT2D eigenvalue weighted by atomic mass is 28.3. The minimum Gasteiger partial charge on any atom is -0.0623 e. The SMILES string of the molecule is c1ccc([Si]2(c3ccc4c(c3)-c3ccccc3C4)c3ccccc3-c3ccccc32)cc1. The van der Waals surface area contributed by atoms with Crippen molar-refractivity contribution in [2.45, 2.75) is 6.42 Å². The first kappa shape index (κ1) is 17.9. The van der Waals surface area contributed by atoms with Crippen LogP contribution >= 0.6 is 0 Å². The van der Waals surface area contributed by atoms with Crippen LogP contribution < -0.4 is 20.7 Å². The first-order valence-corrected chi connectivity index (χ1v) is 13.3. The highest BCUT2D eigenvalue weighted by molar-refractivity contribution is 7.22. The molecule has 0 N–H and O–H groups in total. The van der Waals surface area contributed by atoms with Gasteiger partial charge < -0.3 is 0 Å². The molecule has 0 bridgehead atoms. The quantitative estimate of drug-likeness (QED) is 0.357. The van der Waals surface area contributed by atoms with Crippen LogP contribution in [-0.4, -0.2) is 8.07 Å². The molecule has 0 spiro atoms. The van der Waals surface area contributed by atoms with Gasteiger partial charge in [0.25, 0.3) is 0 Å². The molecule has 0 amide bonds. The summed E-state index contributed by atoms with van der Waals surface area (Å²) < 4.78 is 0. The smallest absolute Gasteiger partial charge is 0.0623 e. The maximum Gasteiger partial charge on any atom is 0.180 e. The molecule has 0 fully saturated rings. The maximum atomic E-state index is 2.53. The van der Waals surface area contributed by atoms with Gasteiger partial charge in [0.2, 0.25) is 0 Å². The van der Waals surface area contributed by atoms with Crippen molar-refractivity contribution in [3.8, 4) is 22.3 Å². The van der Waals surface area contributed by atoms with Gasteiger partial charge in [0.15, 0.2) is 8.07 Å². The molecule has 7 rings (SSSR count). The summed E-state index contributed by atoms with van der Waals surface area (Å²) in [4.78, 5) is 0. The number of hydrogen-bond donors (Lipinski definition) is 0. The topological polar surface area (TPSA) is 0 Å². The van der Waals surface area contributed by atoms with Crippen LogP contribution in [0.1, 0.15) is 11.1 Å². The average molecular weight is 423 g/mol. The van der Waals surface area contributed by atoms with Crippen molar-refractivity contribution in [2.24, 2.45) is 0 Å². The third-order valence-electron chi connectivity index (χ3n) is 7.39. The van der Waals surface area contributed by atoms with Gasteiger partial charge in [0.05, 0.1) is 0 Å². The van der Waals surface area contributed by atoms with E-state index in [2.05, 4.69) is 121 Å². The summed E-state index contributed by atoms with van der Waals surface area (Å²) in [5.74, 6) is 0. The van der Waals surface area contributed by atoms with E-state index in [1.165, 1.54) is 54.1 Å².